The van der Waals surface area contributed by atoms with Crippen LogP contribution in [0.25, 0.3) is 0 Å². The van der Waals surface area contributed by atoms with Gasteiger partial charge < -0.3 is 4.74 Å². The van der Waals surface area contributed by atoms with Gasteiger partial charge in [0.1, 0.15) is 12.1 Å². The molecule has 104 valence electrons. The van der Waals surface area contributed by atoms with Crippen LogP contribution in [0, 0.1) is 11.3 Å². The summed E-state index contributed by atoms with van der Waals surface area (Å²) >= 11 is 0. The van der Waals surface area contributed by atoms with E-state index in [0.29, 0.717) is 32.2 Å². The zero-order chi connectivity index (χ0) is 13.6. The lowest BCUT2D eigenvalue weighted by molar-refractivity contribution is -0.189. The Kier molecular flexibility index (Phi) is 5.42. The minimum absolute atomic E-state index is 0.333. The number of rotatable bonds is 5. The average Bonchev–Trinajstić information content (AvgIpc) is 2.34. The standard InChI is InChI=1S/C12H19F3N2O/c1-2-6-17-11(8-16)5-3-4-10(7-11)18-9-12(13,14)15/h10,17H,2-7,9H2,1H3. The molecule has 3 nitrogen and oxygen atoms in total. The fraction of sp³-hybridized carbons (Fsp3) is 0.917. The number of hydrogen-bond acceptors (Lipinski definition) is 3. The number of hydrogen-bond donors (Lipinski definition) is 1. The number of halogens is 3. The van der Waals surface area contributed by atoms with Gasteiger partial charge in [0.05, 0.1) is 12.2 Å². The molecule has 0 radical (unpaired) electrons. The van der Waals surface area contributed by atoms with E-state index in [1.165, 1.54) is 0 Å². The quantitative estimate of drug-likeness (QED) is 0.830. The van der Waals surface area contributed by atoms with Crippen molar-refractivity contribution in [2.75, 3.05) is 13.2 Å². The summed E-state index contributed by atoms with van der Waals surface area (Å²) in [5.41, 5.74) is -0.718. The Morgan fingerprint density at radius 3 is 2.78 bits per heavy atom. The Hall–Kier alpha value is -0.800. The summed E-state index contributed by atoms with van der Waals surface area (Å²) in [5, 5.41) is 12.4. The van der Waals surface area contributed by atoms with Gasteiger partial charge in [-0.25, -0.2) is 0 Å². The highest BCUT2D eigenvalue weighted by Gasteiger charge is 2.38. The summed E-state index contributed by atoms with van der Waals surface area (Å²) < 4.78 is 41.1. The molecule has 1 fully saturated rings. The Bertz CT molecular complexity index is 301. The maximum absolute atomic E-state index is 12.1. The molecule has 1 rings (SSSR count). The third kappa shape index (κ3) is 4.83. The lowest BCUT2D eigenvalue weighted by Crippen LogP contribution is -2.49. The number of alkyl halides is 3. The molecule has 0 amide bonds. The molecule has 1 aliphatic carbocycles. The Balaban J connectivity index is 2.51. The van der Waals surface area contributed by atoms with Gasteiger partial charge in [-0.15, -0.1) is 0 Å². The molecule has 0 bridgehead atoms. The van der Waals surface area contributed by atoms with Crippen molar-refractivity contribution in [1.29, 1.82) is 5.26 Å². The first-order valence-electron chi connectivity index (χ1n) is 6.25. The van der Waals surface area contributed by atoms with E-state index < -0.39 is 24.4 Å². The smallest absolute Gasteiger partial charge is 0.369 e. The van der Waals surface area contributed by atoms with Crippen LogP contribution in [0.5, 0.6) is 0 Å². The van der Waals surface area contributed by atoms with Gasteiger partial charge in [0, 0.05) is 6.42 Å². The molecule has 1 N–H and O–H groups in total. The Morgan fingerprint density at radius 2 is 2.22 bits per heavy atom. The van der Waals surface area contributed by atoms with Crippen molar-refractivity contribution in [3.63, 3.8) is 0 Å². The summed E-state index contributed by atoms with van der Waals surface area (Å²) in [5.74, 6) is 0. The van der Waals surface area contributed by atoms with Crippen LogP contribution in [0.4, 0.5) is 13.2 Å². The minimum Gasteiger partial charge on any atom is -0.369 e. The van der Waals surface area contributed by atoms with Gasteiger partial charge in [0.25, 0.3) is 0 Å². The first-order chi connectivity index (χ1) is 8.41. The van der Waals surface area contributed by atoms with Gasteiger partial charge in [0.15, 0.2) is 0 Å². The predicted molar refractivity (Wildman–Crippen MR) is 60.9 cm³/mol. The number of nitriles is 1. The zero-order valence-corrected chi connectivity index (χ0v) is 10.5. The SMILES string of the molecule is CCCNC1(C#N)CCCC(OCC(F)(F)F)C1. The Labute approximate surface area is 105 Å². The lowest BCUT2D eigenvalue weighted by atomic mass is 9.81. The zero-order valence-electron chi connectivity index (χ0n) is 10.5. The molecule has 0 aromatic carbocycles. The predicted octanol–water partition coefficient (Wildman–Crippen LogP) is 2.77. The van der Waals surface area contributed by atoms with Crippen LogP contribution < -0.4 is 5.32 Å². The van der Waals surface area contributed by atoms with E-state index in [4.69, 9.17) is 4.74 Å². The summed E-state index contributed by atoms with van der Waals surface area (Å²) in [6, 6.07) is 2.21. The average molecular weight is 264 g/mol. The van der Waals surface area contributed by atoms with Crippen molar-refractivity contribution in [3.05, 3.63) is 0 Å². The summed E-state index contributed by atoms with van der Waals surface area (Å²) in [4.78, 5) is 0. The van der Waals surface area contributed by atoms with Gasteiger partial charge in [-0.1, -0.05) is 6.92 Å². The van der Waals surface area contributed by atoms with Gasteiger partial charge in [-0.3, -0.25) is 5.32 Å². The van der Waals surface area contributed by atoms with Crippen molar-refractivity contribution < 1.29 is 17.9 Å². The van der Waals surface area contributed by atoms with Crippen LogP contribution in [0.3, 0.4) is 0 Å². The molecule has 2 unspecified atom stereocenters. The Morgan fingerprint density at radius 1 is 1.50 bits per heavy atom. The van der Waals surface area contributed by atoms with E-state index >= 15 is 0 Å². The van der Waals surface area contributed by atoms with Crippen molar-refractivity contribution in [1.82, 2.24) is 5.32 Å². The second kappa shape index (κ2) is 6.39. The molecular weight excluding hydrogens is 245 g/mol. The molecule has 1 saturated carbocycles. The van der Waals surface area contributed by atoms with E-state index in [-0.39, 0.29) is 0 Å². The molecule has 6 heteroatoms. The maximum Gasteiger partial charge on any atom is 0.411 e. The van der Waals surface area contributed by atoms with Crippen LogP contribution >= 0.6 is 0 Å². The van der Waals surface area contributed by atoms with E-state index in [0.717, 1.165) is 6.42 Å². The summed E-state index contributed by atoms with van der Waals surface area (Å²) in [7, 11) is 0. The van der Waals surface area contributed by atoms with Gasteiger partial charge in [-0.2, -0.15) is 18.4 Å². The number of nitrogens with zero attached hydrogens (tertiary/aromatic N) is 1. The molecule has 18 heavy (non-hydrogen) atoms. The molecule has 0 aromatic rings. The topological polar surface area (TPSA) is 45.0 Å². The monoisotopic (exact) mass is 264 g/mol. The number of ether oxygens (including phenoxy) is 1. The van der Waals surface area contributed by atoms with Crippen LogP contribution in [-0.4, -0.2) is 31.0 Å². The highest BCUT2D eigenvalue weighted by molar-refractivity contribution is 5.10. The molecule has 2 atom stereocenters. The van der Waals surface area contributed by atoms with E-state index in [9.17, 15) is 18.4 Å². The molecule has 1 aliphatic rings. The summed E-state index contributed by atoms with van der Waals surface area (Å²) in [6.45, 7) is 1.45. The normalized spacial score (nSPS) is 28.9. The molecule has 0 saturated heterocycles. The van der Waals surface area contributed by atoms with E-state index in [1.54, 1.807) is 0 Å². The van der Waals surface area contributed by atoms with E-state index in [2.05, 4.69) is 11.4 Å². The second-order valence-electron chi connectivity index (χ2n) is 4.77. The minimum atomic E-state index is -4.30. The molecule has 0 spiro atoms. The third-order valence-corrected chi connectivity index (χ3v) is 3.12. The van der Waals surface area contributed by atoms with Crippen molar-refractivity contribution >= 4 is 0 Å². The summed E-state index contributed by atoms with van der Waals surface area (Å²) in [6.07, 6.45) is -1.58. The van der Waals surface area contributed by atoms with Crippen molar-refractivity contribution in [3.8, 4) is 6.07 Å². The van der Waals surface area contributed by atoms with E-state index in [1.807, 2.05) is 6.92 Å². The van der Waals surface area contributed by atoms with Crippen LogP contribution in [0.2, 0.25) is 0 Å². The maximum atomic E-state index is 12.1. The highest BCUT2D eigenvalue weighted by Crippen LogP contribution is 2.30. The van der Waals surface area contributed by atoms with Gasteiger partial charge in [0.2, 0.25) is 0 Å². The fourth-order valence-electron chi connectivity index (χ4n) is 2.24. The third-order valence-electron chi connectivity index (χ3n) is 3.12. The molecular formula is C12H19F3N2O. The number of nitrogens with one attached hydrogen (secondary N) is 1. The van der Waals surface area contributed by atoms with Crippen LogP contribution in [-0.2, 0) is 4.74 Å². The fourth-order valence-corrected chi connectivity index (χ4v) is 2.24. The second-order valence-corrected chi connectivity index (χ2v) is 4.77. The van der Waals surface area contributed by atoms with Crippen molar-refractivity contribution in [2.45, 2.75) is 56.8 Å². The van der Waals surface area contributed by atoms with Gasteiger partial charge in [-0.05, 0) is 32.2 Å². The van der Waals surface area contributed by atoms with Gasteiger partial charge >= 0.3 is 6.18 Å². The van der Waals surface area contributed by atoms with Crippen LogP contribution in [0.1, 0.15) is 39.0 Å². The largest absolute Gasteiger partial charge is 0.411 e. The lowest BCUT2D eigenvalue weighted by Gasteiger charge is -2.36. The highest BCUT2D eigenvalue weighted by atomic mass is 19.4. The molecule has 0 aliphatic heterocycles. The van der Waals surface area contributed by atoms with Crippen LogP contribution in [0.15, 0.2) is 0 Å². The first-order valence-corrected chi connectivity index (χ1v) is 6.25. The molecule has 0 aromatic heterocycles. The van der Waals surface area contributed by atoms with Crippen molar-refractivity contribution in [2.24, 2.45) is 0 Å². The first kappa shape index (κ1) is 15.3. The molecule has 0 heterocycles.